The maximum absolute atomic E-state index is 16.5. The molecular weight excluding hydrogens is 804 g/mol. The lowest BCUT2D eigenvalue weighted by molar-refractivity contribution is -0.120. The van der Waals surface area contributed by atoms with E-state index in [0.29, 0.717) is 98.6 Å². The Balaban J connectivity index is 0.739. The molecule has 0 spiro atoms. The van der Waals surface area contributed by atoms with Crippen LogP contribution in [0.4, 0.5) is 26.4 Å². The molecule has 328 valence electrons. The number of nitrogens with zero attached hydrogens (tertiary/aromatic N) is 8. The van der Waals surface area contributed by atoms with Gasteiger partial charge in [0, 0.05) is 100 Å². The number of carbonyl (C=O) groups is 3. The van der Waals surface area contributed by atoms with Gasteiger partial charge in [0.25, 0.3) is 5.91 Å². The highest BCUT2D eigenvalue weighted by atomic mass is 19.1. The van der Waals surface area contributed by atoms with Crippen LogP contribution < -0.4 is 20.9 Å². The quantitative estimate of drug-likeness (QED) is 0.152. The molecule has 0 unspecified atom stereocenters. The normalized spacial score (nSPS) is 21.2. The van der Waals surface area contributed by atoms with Gasteiger partial charge in [-0.25, -0.2) is 14.2 Å². The molecule has 63 heavy (non-hydrogen) atoms. The second kappa shape index (κ2) is 16.5. The number of benzene rings is 2. The fraction of sp³-hybridized carbons (Fsp3) is 0.447. The highest BCUT2D eigenvalue weighted by Crippen LogP contribution is 2.46. The van der Waals surface area contributed by atoms with Crippen molar-refractivity contribution in [2.24, 2.45) is 0 Å². The number of nitrogens with one attached hydrogen (secondary N) is 1. The number of nitrogens with two attached hydrogens (primary N) is 1. The van der Waals surface area contributed by atoms with E-state index in [-0.39, 0.29) is 36.1 Å². The number of aromatic hydroxyl groups is 1. The highest BCUT2D eigenvalue weighted by Gasteiger charge is 2.39. The molecule has 1 atom stereocenters. The van der Waals surface area contributed by atoms with Crippen molar-refractivity contribution in [3.8, 4) is 17.0 Å². The minimum atomic E-state index is -1.37. The third-order valence-corrected chi connectivity index (χ3v) is 13.7. The first kappa shape index (κ1) is 40.9. The molecule has 3 aromatic heterocycles. The molecule has 0 bridgehead atoms. The van der Waals surface area contributed by atoms with Crippen LogP contribution in [0.15, 0.2) is 67.0 Å². The molecule has 4 saturated heterocycles. The summed E-state index contributed by atoms with van der Waals surface area (Å²) >= 11 is 0. The number of likely N-dealkylation sites (tertiary alicyclic amines) is 2. The Morgan fingerprint density at radius 1 is 0.984 bits per heavy atom. The molecule has 0 radical (unpaired) electrons. The van der Waals surface area contributed by atoms with E-state index in [0.717, 1.165) is 60.9 Å². The van der Waals surface area contributed by atoms with Gasteiger partial charge in [-0.1, -0.05) is 24.3 Å². The number of morpholine rings is 1. The Bertz CT molecular complexity index is 2580. The number of hydrogen-bond acceptors (Lipinski definition) is 11. The predicted molar refractivity (Wildman–Crippen MR) is 237 cm³/mol. The van der Waals surface area contributed by atoms with Crippen LogP contribution in [0.3, 0.4) is 0 Å². The predicted octanol–water partition coefficient (Wildman–Crippen LogP) is 6.27. The first-order valence-electron chi connectivity index (χ1n) is 22.2. The number of pyridine rings is 1. The summed E-state index contributed by atoms with van der Waals surface area (Å²) in [6, 6.07) is 16.5. The zero-order valence-corrected chi connectivity index (χ0v) is 35.5. The van der Waals surface area contributed by atoms with Crippen molar-refractivity contribution in [1.82, 2.24) is 34.9 Å². The summed E-state index contributed by atoms with van der Waals surface area (Å²) in [6.45, 7) is 6.48. The molecule has 1 saturated carbocycles. The van der Waals surface area contributed by atoms with Crippen molar-refractivity contribution < 1.29 is 28.6 Å². The summed E-state index contributed by atoms with van der Waals surface area (Å²) in [7, 11) is 0. The number of piperidine rings is 2. The molecule has 10 rings (SSSR count). The molecule has 7 heterocycles. The van der Waals surface area contributed by atoms with Crippen molar-refractivity contribution in [3.05, 3.63) is 89.2 Å². The minimum absolute atomic E-state index is 0.0834. The van der Waals surface area contributed by atoms with Gasteiger partial charge in [-0.2, -0.15) is 0 Å². The number of fused-ring (bicyclic) bond motifs is 1. The third kappa shape index (κ3) is 8.17. The lowest BCUT2D eigenvalue weighted by Gasteiger charge is -2.41. The van der Waals surface area contributed by atoms with Gasteiger partial charge >= 0.3 is 6.03 Å². The van der Waals surface area contributed by atoms with Crippen LogP contribution in [0.2, 0.25) is 0 Å². The topological polar surface area (TPSA) is 175 Å². The molecule has 16 heteroatoms. The molecule has 4 amide bonds. The van der Waals surface area contributed by atoms with Crippen LogP contribution in [0.1, 0.15) is 90.1 Å². The zero-order valence-electron chi connectivity index (χ0n) is 35.5. The van der Waals surface area contributed by atoms with Gasteiger partial charge in [0.2, 0.25) is 5.91 Å². The second-order valence-corrected chi connectivity index (χ2v) is 17.9. The van der Waals surface area contributed by atoms with Crippen molar-refractivity contribution in [2.75, 3.05) is 74.5 Å². The number of ether oxygens (including phenoxy) is 1. The Hall–Kier alpha value is -6.13. The van der Waals surface area contributed by atoms with E-state index in [1.54, 1.807) is 34.2 Å². The van der Waals surface area contributed by atoms with Gasteiger partial charge in [0.15, 0.2) is 5.82 Å². The van der Waals surface area contributed by atoms with Gasteiger partial charge in [-0.15, -0.1) is 10.2 Å². The van der Waals surface area contributed by atoms with E-state index in [1.807, 2.05) is 43.3 Å². The number of carbonyl (C=O) groups excluding carboxylic acids is 3. The van der Waals surface area contributed by atoms with Crippen molar-refractivity contribution >= 4 is 46.1 Å². The molecule has 4 N–H and O–H groups in total. The summed E-state index contributed by atoms with van der Waals surface area (Å²) in [6.07, 6.45) is 8.59. The summed E-state index contributed by atoms with van der Waals surface area (Å²) < 4.78 is 25.0. The monoisotopic (exact) mass is 856 g/mol. The van der Waals surface area contributed by atoms with E-state index in [9.17, 15) is 19.5 Å². The van der Waals surface area contributed by atoms with Crippen LogP contribution in [-0.4, -0.2) is 117 Å². The molecular formula is C47H53FN10O5. The van der Waals surface area contributed by atoms with Gasteiger partial charge in [0.1, 0.15) is 23.2 Å². The number of phenolic OH excluding ortho intramolecular Hbond substituents is 1. The largest absolute Gasteiger partial charge is 0.507 e. The number of urea groups is 1. The van der Waals surface area contributed by atoms with Crippen molar-refractivity contribution in [2.45, 2.75) is 75.6 Å². The molecule has 1 aliphatic carbocycles. The lowest BCUT2D eigenvalue weighted by atomic mass is 9.90. The summed E-state index contributed by atoms with van der Waals surface area (Å²) in [5.74, 6) is 0.552. The van der Waals surface area contributed by atoms with Crippen molar-refractivity contribution in [3.63, 3.8) is 0 Å². The number of amides is 4. The number of aromatic nitrogens is 4. The number of nitrogen functional groups attached to an aromatic ring is 1. The Morgan fingerprint density at radius 3 is 2.52 bits per heavy atom. The lowest BCUT2D eigenvalue weighted by Crippen LogP contribution is -2.51. The second-order valence-electron chi connectivity index (χ2n) is 17.9. The Labute approximate surface area is 365 Å². The number of rotatable bonds is 9. The van der Waals surface area contributed by atoms with E-state index in [1.165, 1.54) is 5.56 Å². The SMILES string of the molecule is Cc1cc([C@H]2CN(c3cc(-c4ccccc4O)nnc3N)CCO2)ccc1C(=O)N1CCC(F)(CN2CCC(n3cc(C4CC4)c4cc(N5CCC(=O)NC5=O)cnc43)CC2)CC1. The standard InChI is InChI=1S/C47H53FN10O5/c1-29-22-31(41-27-56(20-21-63-41)39-24-38(52-53-43(39)49)35-4-2-3-5-40(35)59)8-9-34(29)45(61)55-18-13-47(48,14-19-55)28-54-15-10-32(11-16-54)58-26-37(30-6-7-30)36-23-33(25-50-44(36)58)57-17-12-42(60)51-46(57)62/h2-5,8-9,22-26,30,32,41,59H,6-7,10-21,27-28H2,1H3,(H2,49,53)(H,51,60,62)/t41-/m1/s1. The fourth-order valence-electron chi connectivity index (χ4n) is 9.96. The Morgan fingerprint density at radius 2 is 1.78 bits per heavy atom. The van der Waals surface area contributed by atoms with E-state index in [4.69, 9.17) is 15.5 Å². The maximum Gasteiger partial charge on any atom is 0.328 e. The number of aryl methyl sites for hydroxylation is 1. The van der Waals surface area contributed by atoms with Crippen molar-refractivity contribution in [1.29, 1.82) is 0 Å². The minimum Gasteiger partial charge on any atom is -0.507 e. The number of hydrogen-bond donors (Lipinski definition) is 3. The molecule has 5 fully saturated rings. The average molecular weight is 857 g/mol. The number of phenols is 1. The fourth-order valence-corrected chi connectivity index (χ4v) is 9.96. The summed E-state index contributed by atoms with van der Waals surface area (Å²) in [5, 5.41) is 22.3. The summed E-state index contributed by atoms with van der Waals surface area (Å²) in [4.78, 5) is 50.8. The number of anilines is 3. The average Bonchev–Trinajstić information content (AvgIpc) is 4.07. The highest BCUT2D eigenvalue weighted by molar-refractivity contribution is 6.06. The molecule has 5 aromatic rings. The number of alkyl halides is 1. The zero-order chi connectivity index (χ0) is 43.4. The van der Waals surface area contributed by atoms with Gasteiger partial charge < -0.3 is 34.8 Å². The van der Waals surface area contributed by atoms with Crippen LogP contribution in [0.25, 0.3) is 22.3 Å². The smallest absolute Gasteiger partial charge is 0.328 e. The first-order valence-corrected chi connectivity index (χ1v) is 22.2. The van der Waals surface area contributed by atoms with Gasteiger partial charge in [0.05, 0.1) is 29.9 Å². The van der Waals surface area contributed by atoms with E-state index >= 15 is 4.39 Å². The molecule has 5 aliphatic rings. The van der Waals surface area contributed by atoms with Gasteiger partial charge in [-0.05, 0) is 85.5 Å². The molecule has 2 aromatic carbocycles. The molecule has 15 nitrogen and oxygen atoms in total. The summed E-state index contributed by atoms with van der Waals surface area (Å²) in [5.41, 5.74) is 12.0. The number of imide groups is 1. The van der Waals surface area contributed by atoms with Crippen LogP contribution in [0.5, 0.6) is 5.75 Å². The van der Waals surface area contributed by atoms with Crippen LogP contribution >= 0.6 is 0 Å². The number of para-hydroxylation sites is 1. The van der Waals surface area contributed by atoms with E-state index < -0.39 is 11.7 Å². The van der Waals surface area contributed by atoms with Crippen LogP contribution in [-0.2, 0) is 9.53 Å². The molecule has 4 aliphatic heterocycles. The third-order valence-electron chi connectivity index (χ3n) is 13.7. The Kier molecular flexibility index (Phi) is 10.7. The van der Waals surface area contributed by atoms with Gasteiger partial charge in [-0.3, -0.25) is 19.8 Å². The van der Waals surface area contributed by atoms with Crippen LogP contribution in [0, 0.1) is 6.92 Å². The maximum atomic E-state index is 16.5. The number of halogens is 1. The first-order chi connectivity index (χ1) is 30.5. The van der Waals surface area contributed by atoms with E-state index in [2.05, 4.69) is 36.1 Å².